The third-order valence-corrected chi connectivity index (χ3v) is 5.03. The largest absolute Gasteiger partial charge is 0.444 e. The van der Waals surface area contributed by atoms with Gasteiger partial charge in [0.1, 0.15) is 10.8 Å². The number of rotatable bonds is 4. The summed E-state index contributed by atoms with van der Waals surface area (Å²) in [5, 5.41) is 3.54. The second kappa shape index (κ2) is 8.49. The van der Waals surface area contributed by atoms with Gasteiger partial charge in [0.25, 0.3) is 0 Å². The summed E-state index contributed by atoms with van der Waals surface area (Å²) in [7, 11) is 3.07. The summed E-state index contributed by atoms with van der Waals surface area (Å²) in [5.41, 5.74) is -1.51. The Hall–Kier alpha value is -1.48. The predicted octanol–water partition coefficient (Wildman–Crippen LogP) is 4.17. The van der Waals surface area contributed by atoms with Crippen LogP contribution in [0.1, 0.15) is 44.9 Å². The monoisotopic (exact) mass is 424 g/mol. The summed E-state index contributed by atoms with van der Waals surface area (Å²) in [5.74, 6) is 0.149. The van der Waals surface area contributed by atoms with E-state index in [-0.39, 0.29) is 23.2 Å². The number of halogens is 4. The maximum Gasteiger partial charge on any atom is 0.435 e. The summed E-state index contributed by atoms with van der Waals surface area (Å²) in [6.45, 7) is 7.22. The Labute approximate surface area is 168 Å². The number of nitrogens with zero attached hydrogens (tertiary/aromatic N) is 4. The van der Waals surface area contributed by atoms with Gasteiger partial charge in [-0.25, -0.2) is 4.79 Å². The first kappa shape index (κ1) is 22.8. The van der Waals surface area contributed by atoms with Crippen molar-refractivity contribution in [2.24, 2.45) is 13.0 Å². The van der Waals surface area contributed by atoms with Gasteiger partial charge in [-0.05, 0) is 46.1 Å². The number of ether oxygens (including phenoxy) is 1. The molecule has 0 N–H and O–H groups in total. The van der Waals surface area contributed by atoms with Crippen LogP contribution in [-0.2, 0) is 24.5 Å². The van der Waals surface area contributed by atoms with Crippen LogP contribution in [0.15, 0.2) is 0 Å². The molecule has 1 unspecified atom stereocenters. The van der Waals surface area contributed by atoms with Crippen LogP contribution >= 0.6 is 11.6 Å². The van der Waals surface area contributed by atoms with Crippen LogP contribution in [-0.4, -0.2) is 58.0 Å². The summed E-state index contributed by atoms with van der Waals surface area (Å²) >= 11 is 6.07. The number of aromatic nitrogens is 2. The van der Waals surface area contributed by atoms with Gasteiger partial charge in [-0.1, -0.05) is 11.6 Å². The Morgan fingerprint density at radius 2 is 2.00 bits per heavy atom. The molecule has 28 heavy (non-hydrogen) atoms. The summed E-state index contributed by atoms with van der Waals surface area (Å²) in [4.78, 5) is 15.6. The fourth-order valence-corrected chi connectivity index (χ4v) is 3.57. The molecule has 1 atom stereocenters. The van der Waals surface area contributed by atoms with E-state index < -0.39 is 23.6 Å². The molecule has 1 fully saturated rings. The third-order valence-electron chi connectivity index (χ3n) is 4.56. The molecular weight excluding hydrogens is 397 g/mol. The van der Waals surface area contributed by atoms with E-state index in [0.717, 1.165) is 17.5 Å². The lowest BCUT2D eigenvalue weighted by molar-refractivity contribution is -0.142. The van der Waals surface area contributed by atoms with Crippen LogP contribution in [0, 0.1) is 5.92 Å². The van der Waals surface area contributed by atoms with Crippen molar-refractivity contribution in [1.29, 1.82) is 0 Å². The fourth-order valence-electron chi connectivity index (χ4n) is 3.38. The average Bonchev–Trinajstić information content (AvgIpc) is 2.82. The van der Waals surface area contributed by atoms with Crippen molar-refractivity contribution in [2.75, 3.05) is 26.7 Å². The summed E-state index contributed by atoms with van der Waals surface area (Å²) in [6, 6.07) is 0. The number of amides is 1. The molecule has 0 saturated carbocycles. The Morgan fingerprint density at radius 1 is 1.36 bits per heavy atom. The molecule has 1 aromatic rings. The number of carbonyl (C=O) groups excluding carboxylic acids is 1. The van der Waals surface area contributed by atoms with Gasteiger partial charge in [0.05, 0.1) is 0 Å². The van der Waals surface area contributed by atoms with Gasteiger partial charge in [0.15, 0.2) is 5.69 Å². The van der Waals surface area contributed by atoms with Gasteiger partial charge < -0.3 is 9.64 Å². The van der Waals surface area contributed by atoms with Gasteiger partial charge in [-0.3, -0.25) is 9.58 Å². The van der Waals surface area contributed by atoms with E-state index in [1.165, 1.54) is 11.9 Å². The minimum Gasteiger partial charge on any atom is -0.444 e. The molecule has 1 aliphatic rings. The van der Waals surface area contributed by atoms with E-state index in [9.17, 15) is 18.0 Å². The Morgan fingerprint density at radius 3 is 2.57 bits per heavy atom. The van der Waals surface area contributed by atoms with Crippen molar-refractivity contribution >= 4 is 17.7 Å². The van der Waals surface area contributed by atoms with Crippen molar-refractivity contribution < 1.29 is 22.7 Å². The Balaban J connectivity index is 2.02. The molecule has 0 aromatic carbocycles. The lowest BCUT2D eigenvalue weighted by Gasteiger charge is -2.35. The van der Waals surface area contributed by atoms with E-state index >= 15 is 0 Å². The van der Waals surface area contributed by atoms with Gasteiger partial charge in [0, 0.05) is 39.3 Å². The van der Waals surface area contributed by atoms with Crippen LogP contribution in [0.5, 0.6) is 0 Å². The number of carbonyl (C=O) groups is 1. The Kier molecular flexibility index (Phi) is 6.91. The molecule has 6 nitrogen and oxygen atoms in total. The zero-order chi connectivity index (χ0) is 21.3. The second-order valence-electron chi connectivity index (χ2n) is 8.34. The van der Waals surface area contributed by atoms with E-state index in [2.05, 4.69) is 5.10 Å². The number of hydrogen-bond donors (Lipinski definition) is 0. The highest BCUT2D eigenvalue weighted by Crippen LogP contribution is 2.35. The van der Waals surface area contributed by atoms with Gasteiger partial charge in [-0.2, -0.15) is 18.3 Å². The predicted molar refractivity (Wildman–Crippen MR) is 100 cm³/mol. The molecule has 0 spiro atoms. The molecule has 0 radical (unpaired) electrons. The number of hydrogen-bond acceptors (Lipinski definition) is 4. The highest BCUT2D eigenvalue weighted by atomic mass is 35.5. The minimum atomic E-state index is -4.55. The Bertz CT molecular complexity index is 700. The lowest BCUT2D eigenvalue weighted by atomic mass is 9.97. The molecule has 1 amide bonds. The molecule has 1 aliphatic heterocycles. The van der Waals surface area contributed by atoms with Crippen molar-refractivity contribution in [3.05, 3.63) is 16.4 Å². The molecule has 0 bridgehead atoms. The smallest absolute Gasteiger partial charge is 0.435 e. The molecule has 10 heteroatoms. The highest BCUT2D eigenvalue weighted by molar-refractivity contribution is 6.30. The fraction of sp³-hybridized carbons (Fsp3) is 0.778. The van der Waals surface area contributed by atoms with E-state index in [4.69, 9.17) is 16.3 Å². The van der Waals surface area contributed by atoms with Crippen LogP contribution < -0.4 is 0 Å². The van der Waals surface area contributed by atoms with Gasteiger partial charge >= 0.3 is 12.3 Å². The van der Waals surface area contributed by atoms with E-state index in [0.29, 0.717) is 19.6 Å². The van der Waals surface area contributed by atoms with Gasteiger partial charge in [0.2, 0.25) is 0 Å². The standard InChI is InChI=1S/C18H28ClF3N4O2/c1-17(2,3)28-16(27)24(4)9-12-7-6-8-26(10-12)11-13-14(18(20,21)22)23-25(5)15(13)19/h12H,6-11H2,1-5H3. The molecule has 160 valence electrons. The van der Waals surface area contributed by atoms with E-state index in [1.54, 1.807) is 27.8 Å². The highest BCUT2D eigenvalue weighted by Gasteiger charge is 2.39. The first-order chi connectivity index (χ1) is 12.8. The molecular formula is C18H28ClF3N4O2. The third kappa shape index (κ3) is 6.01. The quantitative estimate of drug-likeness (QED) is 0.727. The van der Waals surface area contributed by atoms with Crippen molar-refractivity contribution in [3.8, 4) is 0 Å². The topological polar surface area (TPSA) is 50.6 Å². The maximum absolute atomic E-state index is 13.3. The molecule has 2 heterocycles. The summed E-state index contributed by atoms with van der Waals surface area (Å²) in [6.07, 6.45) is -3.21. The average molecular weight is 425 g/mol. The number of alkyl halides is 3. The first-order valence-corrected chi connectivity index (χ1v) is 9.60. The number of aryl methyl sites for hydroxylation is 1. The SMILES string of the molecule is CN(CC1CCCN(Cc2c(C(F)(F)F)nn(C)c2Cl)C1)C(=O)OC(C)(C)C. The molecule has 0 aliphatic carbocycles. The first-order valence-electron chi connectivity index (χ1n) is 9.23. The number of likely N-dealkylation sites (tertiary alicyclic amines) is 1. The maximum atomic E-state index is 13.3. The normalized spacial score (nSPS) is 19.0. The van der Waals surface area contributed by atoms with Crippen molar-refractivity contribution in [3.63, 3.8) is 0 Å². The lowest BCUT2D eigenvalue weighted by Crippen LogP contribution is -2.42. The zero-order valence-corrected chi connectivity index (χ0v) is 17.7. The second-order valence-corrected chi connectivity index (χ2v) is 8.70. The van der Waals surface area contributed by atoms with Crippen LogP contribution in [0.4, 0.5) is 18.0 Å². The van der Waals surface area contributed by atoms with Crippen LogP contribution in [0.3, 0.4) is 0 Å². The molecule has 2 rings (SSSR count). The molecule has 1 saturated heterocycles. The van der Waals surface area contributed by atoms with Crippen molar-refractivity contribution in [2.45, 2.75) is 51.9 Å². The minimum absolute atomic E-state index is 0.000298. The molecule has 1 aromatic heterocycles. The summed E-state index contributed by atoms with van der Waals surface area (Å²) < 4.78 is 46.2. The van der Waals surface area contributed by atoms with E-state index in [1.807, 2.05) is 4.90 Å². The number of piperidine rings is 1. The van der Waals surface area contributed by atoms with Crippen LogP contribution in [0.2, 0.25) is 5.15 Å². The van der Waals surface area contributed by atoms with Crippen LogP contribution in [0.25, 0.3) is 0 Å². The van der Waals surface area contributed by atoms with Gasteiger partial charge in [-0.15, -0.1) is 0 Å². The van der Waals surface area contributed by atoms with Crippen molar-refractivity contribution in [1.82, 2.24) is 19.6 Å². The zero-order valence-electron chi connectivity index (χ0n) is 16.9.